The number of para-hydroxylation sites is 1. The fourth-order valence-electron chi connectivity index (χ4n) is 5.59. The molecule has 0 aromatic heterocycles. The van der Waals surface area contributed by atoms with Crippen LogP contribution >= 0.6 is 0 Å². The first-order valence-corrected chi connectivity index (χ1v) is 12.6. The van der Waals surface area contributed by atoms with Crippen molar-refractivity contribution in [3.8, 4) is 11.5 Å². The monoisotopic (exact) mass is 477 g/mol. The van der Waals surface area contributed by atoms with Gasteiger partial charge in [-0.25, -0.2) is 0 Å². The number of hydrogen-bond donors (Lipinski definition) is 0. The predicted molar refractivity (Wildman–Crippen MR) is 135 cm³/mol. The molecule has 7 heteroatoms. The van der Waals surface area contributed by atoms with Gasteiger partial charge in [-0.15, -0.1) is 0 Å². The third-order valence-electron chi connectivity index (χ3n) is 7.76. The number of carbonyl (C=O) groups is 2. The van der Waals surface area contributed by atoms with Crippen molar-refractivity contribution in [1.29, 1.82) is 0 Å². The molecule has 2 atom stereocenters. The van der Waals surface area contributed by atoms with Crippen LogP contribution in [0, 0.1) is 18.8 Å². The molecule has 1 saturated carbocycles. The van der Waals surface area contributed by atoms with Gasteiger partial charge in [-0.1, -0.05) is 18.2 Å². The van der Waals surface area contributed by atoms with Gasteiger partial charge in [0.1, 0.15) is 11.5 Å². The first-order chi connectivity index (χ1) is 17.0. The molecule has 2 aromatic carbocycles. The lowest BCUT2D eigenvalue weighted by atomic mass is 9.87. The number of hydrogen-bond acceptors (Lipinski definition) is 5. The molecule has 0 radical (unpaired) electrons. The van der Waals surface area contributed by atoms with Crippen LogP contribution in [0.5, 0.6) is 11.5 Å². The number of piperazine rings is 1. The summed E-state index contributed by atoms with van der Waals surface area (Å²) in [6.07, 6.45) is 1.92. The van der Waals surface area contributed by atoms with Gasteiger partial charge in [0, 0.05) is 62.4 Å². The van der Waals surface area contributed by atoms with Crippen molar-refractivity contribution in [2.45, 2.75) is 25.7 Å². The van der Waals surface area contributed by atoms with Gasteiger partial charge in [-0.05, 0) is 49.6 Å². The number of aryl methyl sites for hydroxylation is 1. The summed E-state index contributed by atoms with van der Waals surface area (Å²) in [5.74, 6) is 1.51. The molecule has 2 aliphatic heterocycles. The van der Waals surface area contributed by atoms with E-state index in [2.05, 4.69) is 36.1 Å². The minimum atomic E-state index is -0.288. The average Bonchev–Trinajstić information content (AvgIpc) is 3.66. The summed E-state index contributed by atoms with van der Waals surface area (Å²) >= 11 is 0. The first kappa shape index (κ1) is 23.5. The summed E-state index contributed by atoms with van der Waals surface area (Å²) in [4.78, 5) is 33.1. The standard InChI is InChI=1S/C28H35N3O4/c1-19-6-4-5-7-25(19)29-12-14-30(15-13-29)28(33)24-18-31(27(32)20-8-9-20)17-23(24)22-16-21(34-2)10-11-26(22)35-3/h4-7,10-11,16,20,23-24H,8-9,12-15,17-18H2,1-3H3/t23-,24-/m0/s1. The van der Waals surface area contributed by atoms with Crippen molar-refractivity contribution in [2.75, 3.05) is 58.4 Å². The van der Waals surface area contributed by atoms with Crippen LogP contribution in [-0.4, -0.2) is 75.1 Å². The minimum Gasteiger partial charge on any atom is -0.497 e. The smallest absolute Gasteiger partial charge is 0.228 e. The molecule has 2 aromatic rings. The number of carbonyl (C=O) groups excluding carboxylic acids is 2. The Morgan fingerprint density at radius 3 is 2.26 bits per heavy atom. The van der Waals surface area contributed by atoms with Crippen molar-refractivity contribution in [3.63, 3.8) is 0 Å². The topological polar surface area (TPSA) is 62.3 Å². The van der Waals surface area contributed by atoms with Crippen LogP contribution < -0.4 is 14.4 Å². The molecule has 186 valence electrons. The van der Waals surface area contributed by atoms with Crippen molar-refractivity contribution >= 4 is 17.5 Å². The van der Waals surface area contributed by atoms with Gasteiger partial charge in [0.2, 0.25) is 11.8 Å². The number of rotatable bonds is 6. The minimum absolute atomic E-state index is 0.121. The summed E-state index contributed by atoms with van der Waals surface area (Å²) in [6.45, 7) is 6.12. The second kappa shape index (κ2) is 9.80. The van der Waals surface area contributed by atoms with E-state index in [-0.39, 0.29) is 29.6 Å². The van der Waals surface area contributed by atoms with Crippen LogP contribution in [0.2, 0.25) is 0 Å². The Morgan fingerprint density at radius 2 is 1.60 bits per heavy atom. The van der Waals surface area contributed by atoms with Crippen LogP contribution in [0.15, 0.2) is 42.5 Å². The third kappa shape index (κ3) is 4.68. The highest BCUT2D eigenvalue weighted by molar-refractivity contribution is 5.85. The van der Waals surface area contributed by atoms with Gasteiger partial charge in [0.25, 0.3) is 0 Å². The first-order valence-electron chi connectivity index (χ1n) is 12.6. The van der Waals surface area contributed by atoms with Gasteiger partial charge in [-0.3, -0.25) is 9.59 Å². The van der Waals surface area contributed by atoms with Crippen LogP contribution in [0.25, 0.3) is 0 Å². The van der Waals surface area contributed by atoms with E-state index in [1.807, 2.05) is 28.0 Å². The maximum absolute atomic E-state index is 13.9. The molecule has 5 rings (SSSR count). The molecular weight excluding hydrogens is 442 g/mol. The van der Waals surface area contributed by atoms with Gasteiger partial charge in [0.15, 0.2) is 0 Å². The highest BCUT2D eigenvalue weighted by atomic mass is 16.5. The summed E-state index contributed by atoms with van der Waals surface area (Å²) in [5.41, 5.74) is 3.43. The summed E-state index contributed by atoms with van der Waals surface area (Å²) in [6, 6.07) is 14.1. The zero-order valence-electron chi connectivity index (χ0n) is 20.9. The molecule has 35 heavy (non-hydrogen) atoms. The third-order valence-corrected chi connectivity index (χ3v) is 7.76. The zero-order valence-corrected chi connectivity index (χ0v) is 20.9. The van der Waals surface area contributed by atoms with Crippen LogP contribution in [-0.2, 0) is 9.59 Å². The molecule has 7 nitrogen and oxygen atoms in total. The number of amides is 2. The predicted octanol–water partition coefficient (Wildman–Crippen LogP) is 3.31. The molecule has 0 N–H and O–H groups in total. The lowest BCUT2D eigenvalue weighted by Gasteiger charge is -2.38. The number of benzene rings is 2. The second-order valence-electron chi connectivity index (χ2n) is 9.94. The Hall–Kier alpha value is -3.22. The van der Waals surface area contributed by atoms with E-state index in [4.69, 9.17) is 9.47 Å². The number of likely N-dealkylation sites (tertiary alicyclic amines) is 1. The molecule has 0 spiro atoms. The largest absolute Gasteiger partial charge is 0.497 e. The Balaban J connectivity index is 1.36. The Labute approximate surface area is 207 Å². The molecule has 1 aliphatic carbocycles. The second-order valence-corrected chi connectivity index (χ2v) is 9.94. The molecule has 2 heterocycles. The zero-order chi connectivity index (χ0) is 24.5. The molecule has 2 saturated heterocycles. The summed E-state index contributed by atoms with van der Waals surface area (Å²) in [5, 5.41) is 0. The van der Waals surface area contributed by atoms with E-state index >= 15 is 0 Å². The molecule has 0 bridgehead atoms. The molecule has 3 fully saturated rings. The summed E-state index contributed by atoms with van der Waals surface area (Å²) in [7, 11) is 3.29. The number of ether oxygens (including phenoxy) is 2. The fraction of sp³-hybridized carbons (Fsp3) is 0.500. The molecule has 3 aliphatic rings. The van der Waals surface area contributed by atoms with Gasteiger partial charge < -0.3 is 24.2 Å². The van der Waals surface area contributed by atoms with Gasteiger partial charge >= 0.3 is 0 Å². The average molecular weight is 478 g/mol. The normalized spacial score (nSPS) is 22.3. The van der Waals surface area contributed by atoms with E-state index in [9.17, 15) is 9.59 Å². The van der Waals surface area contributed by atoms with Crippen molar-refractivity contribution in [3.05, 3.63) is 53.6 Å². The number of anilines is 1. The van der Waals surface area contributed by atoms with Crippen molar-refractivity contribution in [1.82, 2.24) is 9.80 Å². The maximum Gasteiger partial charge on any atom is 0.228 e. The van der Waals surface area contributed by atoms with Gasteiger partial charge in [0.05, 0.1) is 20.1 Å². The lowest BCUT2D eigenvalue weighted by molar-refractivity contribution is -0.136. The van der Waals surface area contributed by atoms with Crippen LogP contribution in [0.4, 0.5) is 5.69 Å². The molecule has 0 unspecified atom stereocenters. The van der Waals surface area contributed by atoms with Crippen molar-refractivity contribution in [2.24, 2.45) is 11.8 Å². The Morgan fingerprint density at radius 1 is 0.857 bits per heavy atom. The highest BCUT2D eigenvalue weighted by Crippen LogP contribution is 2.42. The SMILES string of the molecule is COc1ccc(OC)c([C@@H]2CN(C(=O)C3CC3)C[C@@H]2C(=O)N2CCN(c3ccccc3C)CC2)c1. The van der Waals surface area contributed by atoms with Gasteiger partial charge in [-0.2, -0.15) is 0 Å². The van der Waals surface area contributed by atoms with Crippen molar-refractivity contribution < 1.29 is 19.1 Å². The quantitative estimate of drug-likeness (QED) is 0.639. The Bertz CT molecular complexity index is 1090. The maximum atomic E-state index is 13.9. The van der Waals surface area contributed by atoms with E-state index in [1.165, 1.54) is 11.3 Å². The highest BCUT2D eigenvalue weighted by Gasteiger charge is 2.46. The van der Waals surface area contributed by atoms with Crippen LogP contribution in [0.1, 0.15) is 29.9 Å². The lowest BCUT2D eigenvalue weighted by Crippen LogP contribution is -2.51. The number of methoxy groups -OCH3 is 2. The number of nitrogens with zero attached hydrogens (tertiary/aromatic N) is 3. The Kier molecular flexibility index (Phi) is 6.58. The van der Waals surface area contributed by atoms with E-state index in [0.717, 1.165) is 43.0 Å². The van der Waals surface area contributed by atoms with E-state index < -0.39 is 0 Å². The fourth-order valence-corrected chi connectivity index (χ4v) is 5.59. The molecule has 2 amide bonds. The van der Waals surface area contributed by atoms with E-state index in [1.54, 1.807) is 14.2 Å². The van der Waals surface area contributed by atoms with E-state index in [0.29, 0.717) is 26.2 Å². The van der Waals surface area contributed by atoms with Crippen LogP contribution in [0.3, 0.4) is 0 Å². The summed E-state index contributed by atoms with van der Waals surface area (Å²) < 4.78 is 11.1. The molecular formula is C28H35N3O4.